The summed E-state index contributed by atoms with van der Waals surface area (Å²) in [6.45, 7) is 0.658. The lowest BCUT2D eigenvalue weighted by Crippen LogP contribution is -2.43. The Hall–Kier alpha value is -3.92. The van der Waals surface area contributed by atoms with Crippen LogP contribution in [0.25, 0.3) is 22.4 Å². The van der Waals surface area contributed by atoms with Gasteiger partial charge in [0.1, 0.15) is 5.82 Å². The van der Waals surface area contributed by atoms with Gasteiger partial charge in [0.2, 0.25) is 5.91 Å². The van der Waals surface area contributed by atoms with Gasteiger partial charge < -0.3 is 5.11 Å². The molecule has 1 saturated heterocycles. The van der Waals surface area contributed by atoms with Gasteiger partial charge in [0, 0.05) is 42.2 Å². The van der Waals surface area contributed by atoms with Gasteiger partial charge in [-0.2, -0.15) is 0 Å². The molecule has 3 atom stereocenters. The molecule has 1 N–H and O–H groups in total. The Morgan fingerprint density at radius 1 is 1.00 bits per heavy atom. The van der Waals surface area contributed by atoms with Gasteiger partial charge in [-0.3, -0.25) is 24.2 Å². The molecule has 2 amide bonds. The van der Waals surface area contributed by atoms with Crippen LogP contribution in [-0.2, 0) is 14.4 Å². The lowest BCUT2D eigenvalue weighted by molar-refractivity contribution is -0.142. The van der Waals surface area contributed by atoms with Crippen molar-refractivity contribution in [1.29, 1.82) is 0 Å². The van der Waals surface area contributed by atoms with E-state index < -0.39 is 24.0 Å². The lowest BCUT2D eigenvalue weighted by atomic mass is 9.75. The van der Waals surface area contributed by atoms with E-state index in [9.17, 15) is 23.9 Å². The van der Waals surface area contributed by atoms with Crippen LogP contribution in [0.1, 0.15) is 44.9 Å². The van der Waals surface area contributed by atoms with Gasteiger partial charge in [0.25, 0.3) is 5.91 Å². The summed E-state index contributed by atoms with van der Waals surface area (Å²) in [5.41, 5.74) is 3.26. The molecule has 1 aromatic carbocycles. The molecule has 1 saturated carbocycles. The molecule has 4 heterocycles. The largest absolute Gasteiger partial charge is 0.481 e. The van der Waals surface area contributed by atoms with Gasteiger partial charge in [-0.05, 0) is 36.0 Å². The van der Waals surface area contributed by atoms with Crippen LogP contribution >= 0.6 is 11.3 Å². The number of carboxylic acid groups (broad SMARTS) is 1. The monoisotopic (exact) mass is 588 g/mol. The number of nitrogens with zero attached hydrogens (tertiary/aromatic N) is 4. The minimum Gasteiger partial charge on any atom is -0.481 e. The van der Waals surface area contributed by atoms with Crippen molar-refractivity contribution in [3.63, 3.8) is 0 Å². The first-order valence-electron chi connectivity index (χ1n) is 14.6. The van der Waals surface area contributed by atoms with Crippen LogP contribution in [0, 0.1) is 17.8 Å². The van der Waals surface area contributed by atoms with Gasteiger partial charge >= 0.3 is 5.97 Å². The van der Waals surface area contributed by atoms with Crippen molar-refractivity contribution in [2.75, 3.05) is 22.9 Å². The highest BCUT2D eigenvalue weighted by Gasteiger charge is 2.40. The molecule has 1 aliphatic carbocycles. The smallest absolute Gasteiger partial charge is 0.304 e. The molecular weight excluding hydrogens is 555 g/mol. The van der Waals surface area contributed by atoms with E-state index in [0.29, 0.717) is 35.7 Å². The number of aliphatic carboxylic acids is 1. The van der Waals surface area contributed by atoms with Crippen molar-refractivity contribution in [1.82, 2.24) is 9.97 Å². The van der Waals surface area contributed by atoms with Crippen molar-refractivity contribution in [2.45, 2.75) is 51.1 Å². The Bertz CT molecular complexity index is 1500. The van der Waals surface area contributed by atoms with Crippen LogP contribution in [0.3, 0.4) is 0 Å². The SMILES string of the molecule is O=C(O)C[C@@H]1C(=O)N(c2nc(-c3ccccc3-c3ccc(N4CCC(F)C4=O)nc3)cs2)CC=CC[C@@H]1C1CCCC1. The quantitative estimate of drug-likeness (QED) is 0.333. The molecule has 8 nitrogen and oxygen atoms in total. The normalized spacial score (nSPS) is 23.4. The average Bonchev–Trinajstić information content (AvgIpc) is 3.76. The fourth-order valence-electron chi connectivity index (χ4n) is 6.62. The van der Waals surface area contributed by atoms with Crippen LogP contribution in [0.2, 0.25) is 0 Å². The first-order valence-corrected chi connectivity index (χ1v) is 15.4. The molecule has 10 heteroatoms. The number of rotatable bonds is 7. The number of amides is 2. The predicted molar refractivity (Wildman–Crippen MR) is 160 cm³/mol. The number of thiazole rings is 1. The number of hydrogen-bond donors (Lipinski definition) is 1. The molecule has 0 spiro atoms. The van der Waals surface area contributed by atoms with Gasteiger partial charge in [-0.15, -0.1) is 11.3 Å². The van der Waals surface area contributed by atoms with Crippen molar-refractivity contribution in [3.8, 4) is 22.4 Å². The number of halogens is 1. The van der Waals surface area contributed by atoms with E-state index in [1.807, 2.05) is 41.8 Å². The number of aromatic nitrogens is 2. The van der Waals surface area contributed by atoms with E-state index in [-0.39, 0.29) is 24.7 Å². The molecule has 42 heavy (non-hydrogen) atoms. The summed E-state index contributed by atoms with van der Waals surface area (Å²) in [4.78, 5) is 50.2. The van der Waals surface area contributed by atoms with E-state index in [1.54, 1.807) is 17.2 Å². The maximum absolute atomic E-state index is 14.0. The van der Waals surface area contributed by atoms with Crippen molar-refractivity contribution in [2.24, 2.45) is 17.8 Å². The zero-order valence-corrected chi connectivity index (χ0v) is 24.0. The number of allylic oxidation sites excluding steroid dienone is 1. The Morgan fingerprint density at radius 2 is 1.79 bits per heavy atom. The highest BCUT2D eigenvalue weighted by Crippen LogP contribution is 2.41. The van der Waals surface area contributed by atoms with E-state index in [4.69, 9.17) is 4.98 Å². The lowest BCUT2D eigenvalue weighted by Gasteiger charge is -2.34. The third-order valence-corrected chi connectivity index (χ3v) is 9.63. The van der Waals surface area contributed by atoms with Crippen molar-refractivity contribution >= 4 is 40.1 Å². The van der Waals surface area contributed by atoms with E-state index in [2.05, 4.69) is 11.1 Å². The maximum Gasteiger partial charge on any atom is 0.304 e. The summed E-state index contributed by atoms with van der Waals surface area (Å²) >= 11 is 1.37. The van der Waals surface area contributed by atoms with E-state index >= 15 is 0 Å². The maximum atomic E-state index is 14.0. The molecule has 2 fully saturated rings. The summed E-state index contributed by atoms with van der Waals surface area (Å²) in [5, 5.41) is 12.2. The van der Waals surface area contributed by atoms with Gasteiger partial charge in [0.15, 0.2) is 11.3 Å². The predicted octanol–water partition coefficient (Wildman–Crippen LogP) is 6.14. The van der Waals surface area contributed by atoms with Crippen molar-refractivity contribution < 1.29 is 23.9 Å². The average molecular weight is 589 g/mol. The molecule has 6 rings (SSSR count). The second-order valence-electron chi connectivity index (χ2n) is 11.3. The molecule has 3 aromatic rings. The van der Waals surface area contributed by atoms with E-state index in [0.717, 1.165) is 48.8 Å². The Labute approximate surface area is 247 Å². The van der Waals surface area contributed by atoms with Crippen LogP contribution in [-0.4, -0.2) is 52.1 Å². The topological polar surface area (TPSA) is 104 Å². The molecule has 0 bridgehead atoms. The number of anilines is 2. The zero-order valence-electron chi connectivity index (χ0n) is 23.2. The number of carboxylic acids is 1. The molecule has 3 aliphatic rings. The Balaban J connectivity index is 1.28. The highest BCUT2D eigenvalue weighted by atomic mass is 32.1. The van der Waals surface area contributed by atoms with Crippen molar-refractivity contribution in [3.05, 3.63) is 60.1 Å². The molecule has 2 aromatic heterocycles. The molecule has 2 aliphatic heterocycles. The summed E-state index contributed by atoms with van der Waals surface area (Å²) in [7, 11) is 0. The zero-order chi connectivity index (χ0) is 29.2. The second-order valence-corrected chi connectivity index (χ2v) is 12.1. The van der Waals surface area contributed by atoms with Gasteiger partial charge in [0.05, 0.1) is 18.0 Å². The number of pyridine rings is 1. The summed E-state index contributed by atoms with van der Waals surface area (Å²) in [5.74, 6) is -1.46. The van der Waals surface area contributed by atoms with Crippen LogP contribution in [0.4, 0.5) is 15.3 Å². The van der Waals surface area contributed by atoms with Crippen LogP contribution in [0.15, 0.2) is 60.1 Å². The van der Waals surface area contributed by atoms with E-state index in [1.165, 1.54) is 16.2 Å². The van der Waals surface area contributed by atoms with Gasteiger partial charge in [-0.25, -0.2) is 14.4 Å². The number of carbonyl (C=O) groups excluding carboxylic acids is 2. The molecule has 1 unspecified atom stereocenters. The number of hydrogen-bond acceptors (Lipinski definition) is 6. The Kier molecular flexibility index (Phi) is 8.15. The molecular formula is C32H33FN4O4S. The minimum absolute atomic E-state index is 0.0115. The van der Waals surface area contributed by atoms with Crippen LogP contribution < -0.4 is 9.80 Å². The number of alkyl halides is 1. The fourth-order valence-corrected chi connectivity index (χ4v) is 7.46. The number of carbonyl (C=O) groups is 3. The van der Waals surface area contributed by atoms with Crippen LogP contribution in [0.5, 0.6) is 0 Å². The first kappa shape index (κ1) is 28.2. The summed E-state index contributed by atoms with van der Waals surface area (Å²) in [6, 6.07) is 11.3. The number of benzene rings is 1. The molecule has 0 radical (unpaired) electrons. The summed E-state index contributed by atoms with van der Waals surface area (Å²) < 4.78 is 13.7. The fraction of sp³-hybridized carbons (Fsp3) is 0.406. The van der Waals surface area contributed by atoms with Gasteiger partial charge in [-0.1, -0.05) is 62.1 Å². The minimum atomic E-state index is -1.48. The standard InChI is InChI=1S/C32H33FN4O4S/c33-26-14-16-36(31(26)41)28-13-12-21(18-34-28)23-9-3-4-11-24(23)27-19-42-32(35-27)37-15-6-5-10-22(20-7-1-2-8-20)25(30(37)40)17-29(38)39/h3-6,9,11-13,18-20,22,25-26H,1-2,7-8,10,14-17H2,(H,38,39)/t22-,25+,26?/m1/s1. The third kappa shape index (κ3) is 5.60. The second kappa shape index (κ2) is 12.1. The third-order valence-electron chi connectivity index (χ3n) is 8.76. The Morgan fingerprint density at radius 3 is 2.48 bits per heavy atom. The molecule has 218 valence electrons. The highest BCUT2D eigenvalue weighted by molar-refractivity contribution is 7.14. The first-order chi connectivity index (χ1) is 20.4. The summed E-state index contributed by atoms with van der Waals surface area (Å²) in [6.07, 6.45) is 9.36.